The van der Waals surface area contributed by atoms with Crippen LogP contribution in [0.3, 0.4) is 0 Å². The van der Waals surface area contributed by atoms with E-state index in [4.69, 9.17) is 0 Å². The van der Waals surface area contributed by atoms with E-state index in [0.717, 1.165) is 11.4 Å². The van der Waals surface area contributed by atoms with E-state index < -0.39 is 0 Å². The predicted molar refractivity (Wildman–Crippen MR) is 204 cm³/mol. The smallest absolute Gasteiger partial charge is 0.0583 e. The lowest BCUT2D eigenvalue weighted by Gasteiger charge is -2.42. The molecule has 2 nitrogen and oxygen atoms in total. The minimum absolute atomic E-state index is 0.0888. The third-order valence-electron chi connectivity index (χ3n) is 11.3. The highest BCUT2D eigenvalue weighted by Gasteiger charge is 2.44. The normalized spacial score (nSPS) is 15.3. The van der Waals surface area contributed by atoms with Crippen molar-refractivity contribution in [1.82, 2.24) is 4.57 Å². The van der Waals surface area contributed by atoms with Crippen LogP contribution in [0.1, 0.15) is 76.3 Å². The van der Waals surface area contributed by atoms with E-state index in [2.05, 4.69) is 185 Å². The second-order valence-corrected chi connectivity index (χ2v) is 15.9. The van der Waals surface area contributed by atoms with E-state index >= 15 is 0 Å². The zero-order valence-corrected chi connectivity index (χ0v) is 29.0. The van der Waals surface area contributed by atoms with Crippen molar-refractivity contribution < 1.29 is 0 Å². The van der Waals surface area contributed by atoms with Crippen molar-refractivity contribution in [3.05, 3.63) is 155 Å². The molecule has 236 valence electrons. The molecule has 0 atom stereocenters. The van der Waals surface area contributed by atoms with E-state index in [1.807, 2.05) is 0 Å². The van der Waals surface area contributed by atoms with Gasteiger partial charge in [-0.05, 0) is 92.9 Å². The van der Waals surface area contributed by atoms with Crippen LogP contribution >= 0.6 is 0 Å². The van der Waals surface area contributed by atoms with Crippen LogP contribution in [0.15, 0.2) is 127 Å². The Hall–Kier alpha value is -5.08. The number of hydrogen-bond donors (Lipinski definition) is 0. The van der Waals surface area contributed by atoms with Gasteiger partial charge in [0, 0.05) is 38.7 Å². The van der Waals surface area contributed by atoms with E-state index in [9.17, 15) is 0 Å². The number of benzene rings is 6. The van der Waals surface area contributed by atoms with E-state index in [-0.39, 0.29) is 16.2 Å². The topological polar surface area (TPSA) is 8.17 Å². The first kappa shape index (κ1) is 29.1. The molecule has 0 radical (unpaired) electrons. The van der Waals surface area contributed by atoms with Gasteiger partial charge < -0.3 is 9.47 Å². The monoisotopic (exact) mass is 622 g/mol. The first-order valence-electron chi connectivity index (χ1n) is 17.3. The molecule has 0 saturated heterocycles. The highest BCUT2D eigenvalue weighted by atomic mass is 15.1. The molecule has 3 heterocycles. The molecular formula is C46H42N2. The predicted octanol–water partition coefficient (Wildman–Crippen LogP) is 12.5. The van der Waals surface area contributed by atoms with Gasteiger partial charge in [-0.1, -0.05) is 127 Å². The molecule has 2 aliphatic rings. The molecule has 0 N–H and O–H groups in total. The van der Waals surface area contributed by atoms with Crippen LogP contribution in [0.25, 0.3) is 38.6 Å². The molecule has 0 fully saturated rings. The lowest BCUT2D eigenvalue weighted by Crippen LogP contribution is -2.33. The van der Waals surface area contributed by atoms with E-state index in [0.29, 0.717) is 0 Å². The summed E-state index contributed by atoms with van der Waals surface area (Å²) in [5, 5.41) is 2.64. The highest BCUT2D eigenvalue weighted by molar-refractivity contribution is 6.16. The Kier molecular flexibility index (Phi) is 5.90. The zero-order valence-electron chi connectivity index (χ0n) is 29.0. The number of para-hydroxylation sites is 2. The summed E-state index contributed by atoms with van der Waals surface area (Å²) in [5.41, 5.74) is 16.7. The van der Waals surface area contributed by atoms with Gasteiger partial charge in [0.15, 0.2) is 0 Å². The first-order chi connectivity index (χ1) is 23.0. The summed E-state index contributed by atoms with van der Waals surface area (Å²) in [4.78, 5) is 2.44. The molecule has 2 aliphatic heterocycles. The average Bonchev–Trinajstić information content (AvgIpc) is 3.41. The molecule has 6 aromatic carbocycles. The Balaban J connectivity index is 1.42. The Morgan fingerprint density at radius 3 is 1.62 bits per heavy atom. The highest BCUT2D eigenvalue weighted by Crippen LogP contribution is 2.57. The van der Waals surface area contributed by atoms with Gasteiger partial charge in [0.1, 0.15) is 0 Å². The van der Waals surface area contributed by atoms with E-state index in [1.54, 1.807) is 0 Å². The van der Waals surface area contributed by atoms with Crippen molar-refractivity contribution in [1.29, 1.82) is 0 Å². The van der Waals surface area contributed by atoms with Crippen molar-refractivity contribution in [2.75, 3.05) is 4.90 Å². The number of anilines is 3. The molecule has 48 heavy (non-hydrogen) atoms. The fourth-order valence-electron chi connectivity index (χ4n) is 8.58. The maximum atomic E-state index is 2.63. The van der Waals surface area contributed by atoms with Crippen LogP contribution in [0, 0.1) is 0 Å². The number of rotatable bonds is 4. The Bertz CT molecular complexity index is 2400. The van der Waals surface area contributed by atoms with Gasteiger partial charge in [0.25, 0.3) is 0 Å². The molecule has 0 unspecified atom stereocenters. The molecule has 9 rings (SSSR count). The van der Waals surface area contributed by atoms with Gasteiger partial charge in [-0.2, -0.15) is 0 Å². The van der Waals surface area contributed by atoms with Gasteiger partial charge >= 0.3 is 0 Å². The molecule has 0 saturated carbocycles. The van der Waals surface area contributed by atoms with Gasteiger partial charge in [-0.3, -0.25) is 0 Å². The third kappa shape index (κ3) is 3.92. The average molecular weight is 623 g/mol. The zero-order chi connectivity index (χ0) is 33.2. The summed E-state index contributed by atoms with van der Waals surface area (Å²) in [7, 11) is 0. The van der Waals surface area contributed by atoms with Crippen LogP contribution in [0.4, 0.5) is 17.1 Å². The molecule has 0 spiro atoms. The lowest BCUT2D eigenvalue weighted by molar-refractivity contribution is 0.590. The number of fused-ring (bicyclic) bond motifs is 1. The minimum atomic E-state index is -0.196. The number of nitrogens with zero attached hydrogens (tertiary/aromatic N) is 2. The molecule has 0 amide bonds. The van der Waals surface area contributed by atoms with Crippen molar-refractivity contribution in [3.8, 4) is 16.8 Å². The summed E-state index contributed by atoms with van der Waals surface area (Å²) in [5.74, 6) is 0. The van der Waals surface area contributed by atoms with Crippen LogP contribution < -0.4 is 4.90 Å². The van der Waals surface area contributed by atoms with Crippen molar-refractivity contribution >= 4 is 38.9 Å². The minimum Gasteiger partial charge on any atom is -0.310 e. The summed E-state index contributed by atoms with van der Waals surface area (Å²) < 4.78 is 2.63. The maximum Gasteiger partial charge on any atom is 0.0583 e. The van der Waals surface area contributed by atoms with Crippen molar-refractivity contribution in [2.45, 2.75) is 64.7 Å². The van der Waals surface area contributed by atoms with Crippen molar-refractivity contribution in [2.24, 2.45) is 0 Å². The van der Waals surface area contributed by atoms with Crippen LogP contribution in [0.2, 0.25) is 0 Å². The molecule has 0 bridgehead atoms. The quantitative estimate of drug-likeness (QED) is 0.190. The molecule has 7 aromatic rings. The molecule has 1 aromatic heterocycles. The summed E-state index contributed by atoms with van der Waals surface area (Å²) >= 11 is 0. The Morgan fingerprint density at radius 2 is 1.02 bits per heavy atom. The molecular weight excluding hydrogens is 581 g/mol. The SMILES string of the molecule is CC(C)(C)c1ccc(N(c2ccccc2)c2cc3c4c(c2)c2cc(-c5ccccc5)cc5c2n4-c2c(cccc2C3(C)C)C5(C)C)cc1. The third-order valence-corrected chi connectivity index (χ3v) is 11.3. The molecule has 0 aliphatic carbocycles. The van der Waals surface area contributed by atoms with Gasteiger partial charge in [0.2, 0.25) is 0 Å². The van der Waals surface area contributed by atoms with Gasteiger partial charge in [-0.15, -0.1) is 0 Å². The summed E-state index contributed by atoms with van der Waals surface area (Å²) in [6.45, 7) is 16.5. The van der Waals surface area contributed by atoms with Crippen LogP contribution in [0.5, 0.6) is 0 Å². The standard InChI is InChI=1S/C46H42N2/c1-44(2,3)31-21-23-33(24-22-31)47(32-17-12-9-13-18-32)34-27-36-35-25-30(29-15-10-8-11-16-29)26-39-41(35)48-42(36)40(28-34)46(6,7)38-20-14-19-37(43(38)48)45(39,4)5/h8-28H,1-7H3. The van der Waals surface area contributed by atoms with Crippen LogP contribution in [-0.2, 0) is 16.2 Å². The number of hydrogen-bond acceptors (Lipinski definition) is 1. The van der Waals surface area contributed by atoms with Crippen LogP contribution in [-0.4, -0.2) is 4.57 Å². The Morgan fingerprint density at radius 1 is 0.479 bits per heavy atom. The summed E-state index contributed by atoms with van der Waals surface area (Å²) in [6.07, 6.45) is 0. The lowest BCUT2D eigenvalue weighted by atomic mass is 9.68. The first-order valence-corrected chi connectivity index (χ1v) is 17.3. The summed E-state index contributed by atoms with van der Waals surface area (Å²) in [6, 6.07) is 47.8. The largest absolute Gasteiger partial charge is 0.310 e. The maximum absolute atomic E-state index is 2.63. The number of aromatic nitrogens is 1. The van der Waals surface area contributed by atoms with Gasteiger partial charge in [-0.25, -0.2) is 0 Å². The second-order valence-electron chi connectivity index (χ2n) is 15.9. The van der Waals surface area contributed by atoms with Gasteiger partial charge in [0.05, 0.1) is 16.7 Å². The van der Waals surface area contributed by atoms with E-state index in [1.165, 1.54) is 72.1 Å². The fraction of sp³-hybridized carbons (Fsp3) is 0.217. The Labute approximate surface area is 284 Å². The molecule has 2 heteroatoms. The fourth-order valence-corrected chi connectivity index (χ4v) is 8.58. The van der Waals surface area contributed by atoms with Crippen molar-refractivity contribution in [3.63, 3.8) is 0 Å². The second kappa shape index (κ2) is 9.73.